The minimum atomic E-state index is 0. The number of guanidine groups is 1. The van der Waals surface area contributed by atoms with E-state index in [1.807, 2.05) is 19.9 Å². The van der Waals surface area contributed by atoms with Crippen molar-refractivity contribution >= 4 is 29.9 Å². The van der Waals surface area contributed by atoms with Gasteiger partial charge in [-0.05, 0) is 26.2 Å². The molecule has 1 aromatic rings. The molecule has 6 nitrogen and oxygen atoms in total. The van der Waals surface area contributed by atoms with Crippen molar-refractivity contribution in [2.24, 2.45) is 4.99 Å². The molecule has 128 valence electrons. The highest BCUT2D eigenvalue weighted by atomic mass is 127. The van der Waals surface area contributed by atoms with E-state index in [2.05, 4.69) is 34.6 Å². The van der Waals surface area contributed by atoms with E-state index in [1.54, 1.807) is 0 Å². The smallest absolute Gasteiger partial charge is 0.191 e. The lowest BCUT2D eigenvalue weighted by Gasteiger charge is -2.10. The maximum absolute atomic E-state index is 5.31. The van der Waals surface area contributed by atoms with Crippen molar-refractivity contribution in [1.82, 2.24) is 15.8 Å². The Kier molecular flexibility index (Phi) is 12.2. The fourth-order valence-electron chi connectivity index (χ4n) is 1.70. The Hall–Kier alpha value is -0.830. The molecule has 2 N–H and O–H groups in total. The highest BCUT2D eigenvalue weighted by Crippen LogP contribution is 2.14. The molecule has 0 spiro atoms. The Morgan fingerprint density at radius 3 is 2.73 bits per heavy atom. The van der Waals surface area contributed by atoms with Gasteiger partial charge in [-0.15, -0.1) is 24.0 Å². The average molecular weight is 424 g/mol. The SMILES string of the molecule is CCNC(=NCc1cc(C(C)C)no1)NCCCOCC.I. The van der Waals surface area contributed by atoms with Crippen LogP contribution in [-0.4, -0.2) is 37.4 Å². The zero-order valence-corrected chi connectivity index (χ0v) is 16.3. The third-order valence-electron chi connectivity index (χ3n) is 2.87. The first-order valence-electron chi connectivity index (χ1n) is 7.72. The average Bonchev–Trinajstić information content (AvgIpc) is 2.93. The Balaban J connectivity index is 0.00000441. The van der Waals surface area contributed by atoms with Crippen LogP contribution in [0.2, 0.25) is 0 Å². The maximum atomic E-state index is 5.31. The number of hydrogen-bond donors (Lipinski definition) is 2. The summed E-state index contributed by atoms with van der Waals surface area (Å²) in [6.45, 7) is 11.9. The van der Waals surface area contributed by atoms with Gasteiger partial charge < -0.3 is 19.9 Å². The molecule has 0 saturated heterocycles. The molecule has 1 aromatic heterocycles. The van der Waals surface area contributed by atoms with Gasteiger partial charge in [0.05, 0.1) is 5.69 Å². The largest absolute Gasteiger partial charge is 0.382 e. The summed E-state index contributed by atoms with van der Waals surface area (Å²) < 4.78 is 10.6. The Morgan fingerprint density at radius 2 is 2.14 bits per heavy atom. The number of nitrogens with one attached hydrogen (secondary N) is 2. The van der Waals surface area contributed by atoms with E-state index < -0.39 is 0 Å². The number of halogens is 1. The van der Waals surface area contributed by atoms with Crippen LogP contribution in [0.1, 0.15) is 51.5 Å². The van der Waals surface area contributed by atoms with Crippen molar-refractivity contribution in [1.29, 1.82) is 0 Å². The molecule has 0 aliphatic carbocycles. The predicted molar refractivity (Wildman–Crippen MR) is 99.9 cm³/mol. The second-order valence-electron chi connectivity index (χ2n) is 5.05. The lowest BCUT2D eigenvalue weighted by Crippen LogP contribution is -2.38. The van der Waals surface area contributed by atoms with Gasteiger partial charge in [0.25, 0.3) is 0 Å². The molecule has 0 bridgehead atoms. The number of rotatable bonds is 9. The van der Waals surface area contributed by atoms with Crippen LogP contribution in [0.25, 0.3) is 0 Å². The molecule has 0 aliphatic rings. The van der Waals surface area contributed by atoms with Gasteiger partial charge >= 0.3 is 0 Å². The molecule has 1 rings (SSSR count). The van der Waals surface area contributed by atoms with Gasteiger partial charge in [-0.3, -0.25) is 0 Å². The first-order valence-corrected chi connectivity index (χ1v) is 7.72. The van der Waals surface area contributed by atoms with Gasteiger partial charge in [-0.25, -0.2) is 4.99 Å². The molecule has 0 unspecified atom stereocenters. The molecule has 0 aromatic carbocycles. The topological polar surface area (TPSA) is 71.7 Å². The summed E-state index contributed by atoms with van der Waals surface area (Å²) in [5.74, 6) is 1.94. The summed E-state index contributed by atoms with van der Waals surface area (Å²) in [6, 6.07) is 1.97. The van der Waals surface area contributed by atoms with Crippen LogP contribution in [0.15, 0.2) is 15.6 Å². The summed E-state index contributed by atoms with van der Waals surface area (Å²) >= 11 is 0. The van der Waals surface area contributed by atoms with E-state index >= 15 is 0 Å². The maximum Gasteiger partial charge on any atom is 0.191 e. The van der Waals surface area contributed by atoms with Gasteiger partial charge in [0.15, 0.2) is 11.7 Å². The third kappa shape index (κ3) is 8.57. The fraction of sp³-hybridized carbons (Fsp3) is 0.733. The molecule has 0 aliphatic heterocycles. The number of ether oxygens (including phenoxy) is 1. The van der Waals surface area contributed by atoms with E-state index in [0.717, 1.165) is 50.1 Å². The zero-order valence-electron chi connectivity index (χ0n) is 14.0. The van der Waals surface area contributed by atoms with Crippen molar-refractivity contribution in [2.45, 2.75) is 46.6 Å². The monoisotopic (exact) mass is 424 g/mol. The van der Waals surface area contributed by atoms with E-state index in [-0.39, 0.29) is 24.0 Å². The van der Waals surface area contributed by atoms with Crippen molar-refractivity contribution in [3.63, 3.8) is 0 Å². The summed E-state index contributed by atoms with van der Waals surface area (Å²) in [5.41, 5.74) is 0.967. The van der Waals surface area contributed by atoms with E-state index in [0.29, 0.717) is 12.5 Å². The van der Waals surface area contributed by atoms with Crippen LogP contribution in [0.3, 0.4) is 0 Å². The molecule has 7 heteroatoms. The normalized spacial score (nSPS) is 11.4. The third-order valence-corrected chi connectivity index (χ3v) is 2.87. The van der Waals surface area contributed by atoms with E-state index in [9.17, 15) is 0 Å². The molecule has 0 atom stereocenters. The first kappa shape index (κ1) is 21.2. The van der Waals surface area contributed by atoms with Crippen molar-refractivity contribution in [2.75, 3.05) is 26.3 Å². The molecule has 0 amide bonds. The van der Waals surface area contributed by atoms with Crippen LogP contribution in [0.4, 0.5) is 0 Å². The van der Waals surface area contributed by atoms with Gasteiger partial charge in [-0.2, -0.15) is 0 Å². The second-order valence-corrected chi connectivity index (χ2v) is 5.05. The Bertz CT molecular complexity index is 421. The van der Waals surface area contributed by atoms with Crippen LogP contribution < -0.4 is 10.6 Å². The minimum absolute atomic E-state index is 0. The molecule has 22 heavy (non-hydrogen) atoms. The summed E-state index contributed by atoms with van der Waals surface area (Å²) in [5, 5.41) is 10.5. The second kappa shape index (κ2) is 12.7. The van der Waals surface area contributed by atoms with Crippen LogP contribution in [-0.2, 0) is 11.3 Å². The predicted octanol–water partition coefficient (Wildman–Crippen LogP) is 2.90. The highest BCUT2D eigenvalue weighted by Gasteiger charge is 2.07. The lowest BCUT2D eigenvalue weighted by atomic mass is 10.1. The Morgan fingerprint density at radius 1 is 1.36 bits per heavy atom. The zero-order chi connectivity index (χ0) is 15.5. The van der Waals surface area contributed by atoms with E-state index in [1.165, 1.54) is 0 Å². The minimum Gasteiger partial charge on any atom is -0.382 e. The summed E-state index contributed by atoms with van der Waals surface area (Å²) in [4.78, 5) is 4.49. The number of aliphatic imine (C=N–C) groups is 1. The first-order chi connectivity index (χ1) is 10.2. The molecule has 0 saturated carbocycles. The van der Waals surface area contributed by atoms with Crippen molar-refractivity contribution in [3.05, 3.63) is 17.5 Å². The number of nitrogens with zero attached hydrogens (tertiary/aromatic N) is 2. The van der Waals surface area contributed by atoms with E-state index in [4.69, 9.17) is 9.26 Å². The standard InChI is InChI=1S/C15H28N4O2.HI/c1-5-16-15(17-8-7-9-20-6-2)18-11-13-10-14(12(3)4)19-21-13;/h10,12H,5-9,11H2,1-4H3,(H2,16,17,18);1H. The Labute approximate surface area is 150 Å². The van der Waals surface area contributed by atoms with Crippen LogP contribution >= 0.6 is 24.0 Å². The molecule has 0 radical (unpaired) electrons. The van der Waals surface area contributed by atoms with Crippen molar-refractivity contribution in [3.8, 4) is 0 Å². The van der Waals surface area contributed by atoms with Gasteiger partial charge in [0, 0.05) is 32.4 Å². The quantitative estimate of drug-likeness (QED) is 0.276. The number of hydrogen-bond acceptors (Lipinski definition) is 4. The number of aromatic nitrogens is 1. The fourth-order valence-corrected chi connectivity index (χ4v) is 1.70. The summed E-state index contributed by atoms with van der Waals surface area (Å²) in [6.07, 6.45) is 0.956. The molecule has 1 heterocycles. The van der Waals surface area contributed by atoms with Crippen LogP contribution in [0.5, 0.6) is 0 Å². The highest BCUT2D eigenvalue weighted by molar-refractivity contribution is 14.0. The van der Waals surface area contributed by atoms with Gasteiger partial charge in [-0.1, -0.05) is 19.0 Å². The summed E-state index contributed by atoms with van der Waals surface area (Å²) in [7, 11) is 0. The van der Waals surface area contributed by atoms with Crippen LogP contribution in [0, 0.1) is 0 Å². The lowest BCUT2D eigenvalue weighted by molar-refractivity contribution is 0.145. The molecule has 0 fully saturated rings. The van der Waals surface area contributed by atoms with Gasteiger partial charge in [0.1, 0.15) is 6.54 Å². The molecular weight excluding hydrogens is 395 g/mol. The van der Waals surface area contributed by atoms with Crippen molar-refractivity contribution < 1.29 is 9.26 Å². The van der Waals surface area contributed by atoms with Gasteiger partial charge in [0.2, 0.25) is 0 Å². The molecular formula is C15H29IN4O2.